The van der Waals surface area contributed by atoms with E-state index >= 15 is 0 Å². The summed E-state index contributed by atoms with van der Waals surface area (Å²) in [6.07, 6.45) is 1.42. The van der Waals surface area contributed by atoms with E-state index in [1.54, 1.807) is 24.2 Å². The fourth-order valence-corrected chi connectivity index (χ4v) is 2.65. The highest BCUT2D eigenvalue weighted by molar-refractivity contribution is 5.92. The Morgan fingerprint density at radius 1 is 1.29 bits per heavy atom. The minimum absolute atomic E-state index is 0.138. The molecule has 2 rings (SSSR count). The summed E-state index contributed by atoms with van der Waals surface area (Å²) in [5.74, 6) is -0.204. The van der Waals surface area contributed by atoms with E-state index in [1.165, 1.54) is 0 Å². The Bertz CT molecular complexity index is 595. The zero-order valence-corrected chi connectivity index (χ0v) is 15.0. The standard InChI is InChI=1S/C17H26N4O3/c1-12-11-20(16(23)24-17(2,3)4)8-9-21(12)13-6-7-14(19-10-13)15(22)18-5/h6-7,10,12H,8-9,11H2,1-5H3,(H,18,22)/t12-/m0/s1. The van der Waals surface area contributed by atoms with Gasteiger partial charge in [0.2, 0.25) is 0 Å². The van der Waals surface area contributed by atoms with Gasteiger partial charge in [0.1, 0.15) is 11.3 Å². The van der Waals surface area contributed by atoms with Gasteiger partial charge < -0.3 is 19.9 Å². The molecule has 0 radical (unpaired) electrons. The number of hydrogen-bond acceptors (Lipinski definition) is 5. The number of hydrogen-bond donors (Lipinski definition) is 1. The molecule has 132 valence electrons. The molecule has 0 saturated carbocycles. The molecular formula is C17H26N4O3. The molecule has 0 spiro atoms. The summed E-state index contributed by atoms with van der Waals surface area (Å²) in [6.45, 7) is 9.53. The van der Waals surface area contributed by atoms with Crippen molar-refractivity contribution in [3.63, 3.8) is 0 Å². The molecule has 0 bridgehead atoms. The molecule has 0 aromatic carbocycles. The highest BCUT2D eigenvalue weighted by Crippen LogP contribution is 2.21. The van der Waals surface area contributed by atoms with E-state index in [1.807, 2.05) is 26.8 Å². The van der Waals surface area contributed by atoms with Gasteiger partial charge in [-0.15, -0.1) is 0 Å². The van der Waals surface area contributed by atoms with Crippen molar-refractivity contribution in [3.8, 4) is 0 Å². The van der Waals surface area contributed by atoms with Gasteiger partial charge in [0.15, 0.2) is 0 Å². The lowest BCUT2D eigenvalue weighted by Crippen LogP contribution is -2.54. The van der Waals surface area contributed by atoms with E-state index in [0.29, 0.717) is 25.3 Å². The number of carbonyl (C=O) groups is 2. The van der Waals surface area contributed by atoms with Crippen LogP contribution in [0.15, 0.2) is 18.3 Å². The van der Waals surface area contributed by atoms with E-state index in [-0.39, 0.29) is 18.0 Å². The Morgan fingerprint density at radius 3 is 2.50 bits per heavy atom. The first-order chi connectivity index (χ1) is 11.2. The number of rotatable bonds is 2. The van der Waals surface area contributed by atoms with Gasteiger partial charge in [-0.05, 0) is 39.8 Å². The summed E-state index contributed by atoms with van der Waals surface area (Å²) in [5, 5.41) is 2.55. The average Bonchev–Trinajstić information content (AvgIpc) is 2.52. The molecule has 7 heteroatoms. The minimum Gasteiger partial charge on any atom is -0.444 e. The van der Waals surface area contributed by atoms with Crippen molar-refractivity contribution < 1.29 is 14.3 Å². The van der Waals surface area contributed by atoms with Crippen LogP contribution in [0.2, 0.25) is 0 Å². The molecule has 1 aliphatic heterocycles. The van der Waals surface area contributed by atoms with Gasteiger partial charge in [0.25, 0.3) is 5.91 Å². The van der Waals surface area contributed by atoms with Crippen molar-refractivity contribution in [2.45, 2.75) is 39.3 Å². The minimum atomic E-state index is -0.489. The van der Waals surface area contributed by atoms with E-state index in [0.717, 1.165) is 5.69 Å². The first kappa shape index (κ1) is 18.0. The van der Waals surface area contributed by atoms with Crippen LogP contribution in [-0.4, -0.2) is 60.2 Å². The molecule has 1 aliphatic rings. The van der Waals surface area contributed by atoms with E-state index in [4.69, 9.17) is 4.74 Å². The number of aromatic nitrogens is 1. The fraction of sp³-hybridized carbons (Fsp3) is 0.588. The topological polar surface area (TPSA) is 74.8 Å². The highest BCUT2D eigenvalue weighted by Gasteiger charge is 2.30. The van der Waals surface area contributed by atoms with Crippen molar-refractivity contribution in [1.29, 1.82) is 0 Å². The zero-order valence-electron chi connectivity index (χ0n) is 15.0. The maximum atomic E-state index is 12.2. The monoisotopic (exact) mass is 334 g/mol. The van der Waals surface area contributed by atoms with Gasteiger partial charge >= 0.3 is 6.09 Å². The number of amides is 2. The quantitative estimate of drug-likeness (QED) is 0.894. The maximum Gasteiger partial charge on any atom is 0.410 e. The SMILES string of the molecule is CNC(=O)c1ccc(N2CCN(C(=O)OC(C)(C)C)C[C@@H]2C)cn1. The van der Waals surface area contributed by atoms with Gasteiger partial charge in [-0.2, -0.15) is 0 Å². The van der Waals surface area contributed by atoms with Gasteiger partial charge in [-0.1, -0.05) is 0 Å². The molecule has 0 aliphatic carbocycles. The van der Waals surface area contributed by atoms with E-state index in [9.17, 15) is 9.59 Å². The highest BCUT2D eigenvalue weighted by atomic mass is 16.6. The lowest BCUT2D eigenvalue weighted by molar-refractivity contribution is 0.0218. The third-order valence-corrected chi connectivity index (χ3v) is 3.82. The van der Waals surface area contributed by atoms with Crippen LogP contribution in [0.25, 0.3) is 0 Å². The van der Waals surface area contributed by atoms with Crippen LogP contribution < -0.4 is 10.2 Å². The molecule has 1 aromatic heterocycles. The van der Waals surface area contributed by atoms with Gasteiger partial charge in [-0.3, -0.25) is 4.79 Å². The molecule has 2 amide bonds. The summed E-state index contributed by atoms with van der Waals surface area (Å²) in [5.41, 5.74) is 0.845. The first-order valence-electron chi connectivity index (χ1n) is 8.14. The van der Waals surface area contributed by atoms with E-state index in [2.05, 4.69) is 22.1 Å². The smallest absolute Gasteiger partial charge is 0.410 e. The number of piperazine rings is 1. The largest absolute Gasteiger partial charge is 0.444 e. The van der Waals surface area contributed by atoms with Crippen molar-refractivity contribution in [2.24, 2.45) is 0 Å². The number of carbonyl (C=O) groups excluding carboxylic acids is 2. The van der Waals surface area contributed by atoms with Crippen LogP contribution in [0.1, 0.15) is 38.2 Å². The summed E-state index contributed by atoms with van der Waals surface area (Å²) in [4.78, 5) is 31.9. The summed E-state index contributed by atoms with van der Waals surface area (Å²) >= 11 is 0. The predicted octanol–water partition coefficient (Wildman–Crippen LogP) is 1.89. The second-order valence-electron chi connectivity index (χ2n) is 6.95. The maximum absolute atomic E-state index is 12.2. The van der Waals surface area contributed by atoms with Crippen LogP contribution >= 0.6 is 0 Å². The number of nitrogens with zero attached hydrogens (tertiary/aromatic N) is 3. The molecule has 1 saturated heterocycles. The molecule has 1 aromatic rings. The molecule has 1 fully saturated rings. The van der Waals surface area contributed by atoms with E-state index < -0.39 is 5.60 Å². The van der Waals surface area contributed by atoms with Gasteiger partial charge in [0, 0.05) is 32.7 Å². The molecule has 1 N–H and O–H groups in total. The van der Waals surface area contributed by atoms with Crippen LogP contribution in [0.3, 0.4) is 0 Å². The Balaban J connectivity index is 2.01. The van der Waals surface area contributed by atoms with Crippen molar-refractivity contribution in [3.05, 3.63) is 24.0 Å². The number of ether oxygens (including phenoxy) is 1. The fourth-order valence-electron chi connectivity index (χ4n) is 2.65. The van der Waals surface area contributed by atoms with Crippen molar-refractivity contribution >= 4 is 17.7 Å². The van der Waals surface area contributed by atoms with Crippen LogP contribution in [0.5, 0.6) is 0 Å². The summed E-state index contributed by atoms with van der Waals surface area (Å²) < 4.78 is 5.43. The van der Waals surface area contributed by atoms with Gasteiger partial charge in [-0.25, -0.2) is 9.78 Å². The zero-order chi connectivity index (χ0) is 17.9. The van der Waals surface area contributed by atoms with Crippen molar-refractivity contribution in [2.75, 3.05) is 31.6 Å². The number of anilines is 1. The molecule has 0 unspecified atom stereocenters. The number of pyridine rings is 1. The molecule has 2 heterocycles. The Labute approximate surface area is 143 Å². The Kier molecular flexibility index (Phi) is 5.31. The molecular weight excluding hydrogens is 308 g/mol. The van der Waals surface area contributed by atoms with Gasteiger partial charge in [0.05, 0.1) is 11.9 Å². The Hall–Kier alpha value is -2.31. The third-order valence-electron chi connectivity index (χ3n) is 3.82. The third kappa shape index (κ3) is 4.37. The first-order valence-corrected chi connectivity index (χ1v) is 8.14. The summed E-state index contributed by atoms with van der Waals surface area (Å²) in [6, 6.07) is 3.73. The second-order valence-corrected chi connectivity index (χ2v) is 6.95. The Morgan fingerprint density at radius 2 is 2.00 bits per heavy atom. The average molecular weight is 334 g/mol. The normalized spacial score (nSPS) is 18.3. The molecule has 7 nitrogen and oxygen atoms in total. The predicted molar refractivity (Wildman–Crippen MR) is 92.2 cm³/mol. The van der Waals surface area contributed by atoms with Crippen LogP contribution in [-0.2, 0) is 4.74 Å². The van der Waals surface area contributed by atoms with Crippen LogP contribution in [0.4, 0.5) is 10.5 Å². The second kappa shape index (κ2) is 7.07. The van der Waals surface area contributed by atoms with Crippen LogP contribution in [0, 0.1) is 0 Å². The molecule has 1 atom stereocenters. The van der Waals surface area contributed by atoms with Crippen molar-refractivity contribution in [1.82, 2.24) is 15.2 Å². The molecule has 24 heavy (non-hydrogen) atoms. The summed E-state index contributed by atoms with van der Waals surface area (Å²) in [7, 11) is 1.58. The number of nitrogens with one attached hydrogen (secondary N) is 1. The lowest BCUT2D eigenvalue weighted by Gasteiger charge is -2.41. The lowest BCUT2D eigenvalue weighted by atomic mass is 10.1.